The van der Waals surface area contributed by atoms with Crippen LogP contribution in [0.15, 0.2) is 18.2 Å². The average Bonchev–Trinajstić information content (AvgIpc) is 2.48. The highest BCUT2D eigenvalue weighted by atomic mass is 19.2. The maximum absolute atomic E-state index is 13.4. The van der Waals surface area contributed by atoms with Crippen LogP contribution in [0.1, 0.15) is 45.2 Å². The van der Waals surface area contributed by atoms with Crippen LogP contribution in [-0.2, 0) is 0 Å². The van der Waals surface area contributed by atoms with E-state index in [9.17, 15) is 8.78 Å². The van der Waals surface area contributed by atoms with Gasteiger partial charge in [-0.25, -0.2) is 8.78 Å². The molecule has 1 saturated heterocycles. The highest BCUT2D eigenvalue weighted by molar-refractivity contribution is 5.21. The molecule has 1 aromatic carbocycles. The van der Waals surface area contributed by atoms with E-state index in [1.54, 1.807) is 6.07 Å². The Bertz CT molecular complexity index is 450. The molecule has 2 rings (SSSR count). The molecular weight excluding hydrogens is 258 g/mol. The lowest BCUT2D eigenvalue weighted by molar-refractivity contribution is 0.0848. The van der Waals surface area contributed by atoms with Gasteiger partial charge in [-0.2, -0.15) is 0 Å². The lowest BCUT2D eigenvalue weighted by atomic mass is 9.99. The second kappa shape index (κ2) is 6.64. The largest absolute Gasteiger partial charge is 0.311 e. The van der Waals surface area contributed by atoms with Gasteiger partial charge >= 0.3 is 0 Å². The number of hydrogen-bond donors (Lipinski definition) is 1. The van der Waals surface area contributed by atoms with E-state index in [0.717, 1.165) is 31.5 Å². The predicted octanol–water partition coefficient (Wildman–Crippen LogP) is 3.49. The maximum Gasteiger partial charge on any atom is 0.159 e. The summed E-state index contributed by atoms with van der Waals surface area (Å²) in [7, 11) is 0. The molecule has 1 aliphatic heterocycles. The van der Waals surface area contributed by atoms with Crippen molar-refractivity contribution in [1.29, 1.82) is 0 Å². The lowest BCUT2D eigenvalue weighted by Gasteiger charge is -2.43. The van der Waals surface area contributed by atoms with E-state index < -0.39 is 11.6 Å². The van der Waals surface area contributed by atoms with Crippen molar-refractivity contribution >= 4 is 0 Å². The van der Waals surface area contributed by atoms with Crippen LogP contribution in [0.25, 0.3) is 0 Å². The highest BCUT2D eigenvalue weighted by Gasteiger charge is 2.30. The SMILES string of the molecule is CCC1CN(C(C)c2ccc(F)c(F)c2)C(CC)CN1. The van der Waals surface area contributed by atoms with Gasteiger partial charge < -0.3 is 5.32 Å². The zero-order valence-corrected chi connectivity index (χ0v) is 12.5. The van der Waals surface area contributed by atoms with Gasteiger partial charge in [0.1, 0.15) is 0 Å². The molecule has 20 heavy (non-hydrogen) atoms. The van der Waals surface area contributed by atoms with Crippen molar-refractivity contribution in [3.05, 3.63) is 35.4 Å². The zero-order valence-electron chi connectivity index (χ0n) is 12.5. The fourth-order valence-electron chi connectivity index (χ4n) is 2.98. The van der Waals surface area contributed by atoms with Gasteiger partial charge in [0.15, 0.2) is 11.6 Å². The van der Waals surface area contributed by atoms with Crippen LogP contribution in [0.5, 0.6) is 0 Å². The molecule has 0 aromatic heterocycles. The first kappa shape index (κ1) is 15.4. The fraction of sp³-hybridized carbons (Fsp3) is 0.625. The molecule has 1 aliphatic rings. The Labute approximate surface area is 120 Å². The van der Waals surface area contributed by atoms with E-state index in [1.807, 2.05) is 0 Å². The first-order chi connectivity index (χ1) is 9.56. The van der Waals surface area contributed by atoms with Crippen molar-refractivity contribution in [2.45, 2.75) is 51.7 Å². The second-order valence-electron chi connectivity index (χ2n) is 5.62. The van der Waals surface area contributed by atoms with E-state index in [1.165, 1.54) is 12.1 Å². The molecule has 1 heterocycles. The van der Waals surface area contributed by atoms with Gasteiger partial charge in [0.2, 0.25) is 0 Å². The molecular formula is C16H24F2N2. The van der Waals surface area contributed by atoms with Crippen LogP contribution in [0.4, 0.5) is 8.78 Å². The predicted molar refractivity (Wildman–Crippen MR) is 77.6 cm³/mol. The molecule has 1 N–H and O–H groups in total. The van der Waals surface area contributed by atoms with Crippen LogP contribution in [0, 0.1) is 11.6 Å². The maximum atomic E-state index is 13.4. The van der Waals surface area contributed by atoms with Crippen molar-refractivity contribution in [3.8, 4) is 0 Å². The molecule has 1 fully saturated rings. The smallest absolute Gasteiger partial charge is 0.159 e. The molecule has 3 unspecified atom stereocenters. The number of hydrogen-bond acceptors (Lipinski definition) is 2. The van der Waals surface area contributed by atoms with Gasteiger partial charge in [-0.15, -0.1) is 0 Å². The molecule has 3 atom stereocenters. The monoisotopic (exact) mass is 282 g/mol. The minimum Gasteiger partial charge on any atom is -0.311 e. The summed E-state index contributed by atoms with van der Waals surface area (Å²) in [6, 6.07) is 5.27. The zero-order chi connectivity index (χ0) is 14.7. The van der Waals surface area contributed by atoms with Crippen molar-refractivity contribution in [2.75, 3.05) is 13.1 Å². The van der Waals surface area contributed by atoms with Crippen molar-refractivity contribution < 1.29 is 8.78 Å². The normalized spacial score (nSPS) is 25.6. The summed E-state index contributed by atoms with van der Waals surface area (Å²) in [6.07, 6.45) is 2.13. The first-order valence-corrected chi connectivity index (χ1v) is 7.50. The van der Waals surface area contributed by atoms with Crippen LogP contribution < -0.4 is 5.32 Å². The number of nitrogens with one attached hydrogen (secondary N) is 1. The first-order valence-electron chi connectivity index (χ1n) is 7.50. The van der Waals surface area contributed by atoms with Crippen molar-refractivity contribution in [1.82, 2.24) is 10.2 Å². The Kier molecular flexibility index (Phi) is 5.11. The van der Waals surface area contributed by atoms with Gasteiger partial charge in [-0.3, -0.25) is 4.90 Å². The number of rotatable bonds is 4. The van der Waals surface area contributed by atoms with E-state index in [2.05, 4.69) is 31.0 Å². The van der Waals surface area contributed by atoms with E-state index in [-0.39, 0.29) is 6.04 Å². The summed E-state index contributed by atoms with van der Waals surface area (Å²) >= 11 is 0. The molecule has 112 valence electrons. The Balaban J connectivity index is 2.19. The Hall–Kier alpha value is -1.00. The highest BCUT2D eigenvalue weighted by Crippen LogP contribution is 2.27. The summed E-state index contributed by atoms with van der Waals surface area (Å²) in [4.78, 5) is 2.41. The topological polar surface area (TPSA) is 15.3 Å². The average molecular weight is 282 g/mol. The van der Waals surface area contributed by atoms with Crippen molar-refractivity contribution in [3.63, 3.8) is 0 Å². The third kappa shape index (κ3) is 3.18. The quantitative estimate of drug-likeness (QED) is 0.909. The summed E-state index contributed by atoms with van der Waals surface area (Å²) in [5, 5.41) is 3.55. The van der Waals surface area contributed by atoms with Gasteiger partial charge in [0.05, 0.1) is 0 Å². The molecule has 1 aromatic rings. The summed E-state index contributed by atoms with van der Waals surface area (Å²) < 4.78 is 26.5. The van der Waals surface area contributed by atoms with Crippen LogP contribution >= 0.6 is 0 Å². The third-order valence-corrected chi connectivity index (χ3v) is 4.43. The number of piperazine rings is 1. The van der Waals surface area contributed by atoms with Crippen LogP contribution in [-0.4, -0.2) is 30.1 Å². The van der Waals surface area contributed by atoms with Gasteiger partial charge in [0, 0.05) is 31.2 Å². The molecule has 0 saturated carbocycles. The standard InChI is InChI=1S/C16H24F2N2/c1-4-13-10-20(14(5-2)9-19-13)11(3)12-6-7-15(17)16(18)8-12/h6-8,11,13-14,19H,4-5,9-10H2,1-3H3. The number of nitrogens with zero attached hydrogens (tertiary/aromatic N) is 1. The summed E-state index contributed by atoms with van der Waals surface area (Å²) in [5.41, 5.74) is 0.846. The molecule has 0 bridgehead atoms. The van der Waals surface area contributed by atoms with E-state index >= 15 is 0 Å². The molecule has 0 spiro atoms. The summed E-state index contributed by atoms with van der Waals surface area (Å²) in [5.74, 6) is -1.54. The van der Waals surface area contributed by atoms with Gasteiger partial charge in [-0.1, -0.05) is 19.9 Å². The van der Waals surface area contributed by atoms with Crippen LogP contribution in [0.3, 0.4) is 0 Å². The van der Waals surface area contributed by atoms with E-state index in [0.29, 0.717) is 12.1 Å². The second-order valence-corrected chi connectivity index (χ2v) is 5.62. The minimum atomic E-state index is -0.778. The molecule has 4 heteroatoms. The van der Waals surface area contributed by atoms with Crippen LogP contribution in [0.2, 0.25) is 0 Å². The molecule has 0 radical (unpaired) electrons. The number of halogens is 2. The van der Waals surface area contributed by atoms with E-state index in [4.69, 9.17) is 0 Å². The third-order valence-electron chi connectivity index (χ3n) is 4.43. The molecule has 0 amide bonds. The Morgan fingerprint density at radius 1 is 1.25 bits per heavy atom. The fourth-order valence-corrected chi connectivity index (χ4v) is 2.98. The van der Waals surface area contributed by atoms with Gasteiger partial charge in [0.25, 0.3) is 0 Å². The summed E-state index contributed by atoms with van der Waals surface area (Å²) in [6.45, 7) is 8.33. The number of benzene rings is 1. The molecule has 0 aliphatic carbocycles. The van der Waals surface area contributed by atoms with Gasteiger partial charge in [-0.05, 0) is 37.5 Å². The molecule has 2 nitrogen and oxygen atoms in total. The lowest BCUT2D eigenvalue weighted by Crippen LogP contribution is -2.56. The van der Waals surface area contributed by atoms with Crippen molar-refractivity contribution in [2.24, 2.45) is 0 Å². The Morgan fingerprint density at radius 3 is 2.60 bits per heavy atom. The Morgan fingerprint density at radius 2 is 2.00 bits per heavy atom. The minimum absolute atomic E-state index is 0.103.